The molecule has 0 aliphatic rings. The maximum absolute atomic E-state index is 12.4. The van der Waals surface area contributed by atoms with E-state index in [0.29, 0.717) is 19.1 Å². The maximum atomic E-state index is 12.4. The molecular formula is C14H19N2O4P. The molecule has 21 heavy (non-hydrogen) atoms. The predicted molar refractivity (Wildman–Crippen MR) is 79.0 cm³/mol. The van der Waals surface area contributed by atoms with Crippen LogP contribution in [0.4, 0.5) is 0 Å². The first-order valence-corrected chi connectivity index (χ1v) is 8.56. The van der Waals surface area contributed by atoms with Gasteiger partial charge in [-0.05, 0) is 32.9 Å². The fourth-order valence-corrected chi connectivity index (χ4v) is 3.32. The van der Waals surface area contributed by atoms with E-state index in [-0.39, 0.29) is 12.1 Å². The van der Waals surface area contributed by atoms with E-state index in [1.807, 2.05) is 31.2 Å². The average molecular weight is 310 g/mol. The van der Waals surface area contributed by atoms with Crippen LogP contribution in [0.1, 0.15) is 25.3 Å². The molecule has 0 spiro atoms. The molecule has 0 aliphatic carbocycles. The van der Waals surface area contributed by atoms with Gasteiger partial charge in [0.1, 0.15) is 6.16 Å². The van der Waals surface area contributed by atoms with Gasteiger partial charge >= 0.3 is 7.60 Å². The van der Waals surface area contributed by atoms with Crippen molar-refractivity contribution in [3.63, 3.8) is 0 Å². The van der Waals surface area contributed by atoms with Gasteiger partial charge in [0.25, 0.3) is 0 Å². The molecule has 0 N–H and O–H groups in total. The Labute approximate surface area is 124 Å². The van der Waals surface area contributed by atoms with Crippen molar-refractivity contribution in [1.82, 2.24) is 10.2 Å². The summed E-state index contributed by atoms with van der Waals surface area (Å²) in [5, 5.41) is 7.89. The lowest BCUT2D eigenvalue weighted by molar-refractivity contribution is 0.217. The van der Waals surface area contributed by atoms with Crippen LogP contribution in [0.3, 0.4) is 0 Å². The van der Waals surface area contributed by atoms with Crippen molar-refractivity contribution in [2.24, 2.45) is 0 Å². The van der Waals surface area contributed by atoms with E-state index >= 15 is 0 Å². The molecule has 0 fully saturated rings. The number of aromatic nitrogens is 2. The molecule has 1 aromatic heterocycles. The van der Waals surface area contributed by atoms with Gasteiger partial charge in [0.05, 0.1) is 13.2 Å². The van der Waals surface area contributed by atoms with E-state index in [1.54, 1.807) is 13.8 Å². The molecule has 0 atom stereocenters. The smallest absolute Gasteiger partial charge is 0.339 e. The van der Waals surface area contributed by atoms with Crippen LogP contribution in [0.5, 0.6) is 0 Å². The third-order valence-corrected chi connectivity index (χ3v) is 4.71. The van der Waals surface area contributed by atoms with E-state index in [4.69, 9.17) is 13.5 Å². The molecule has 114 valence electrons. The molecule has 0 unspecified atom stereocenters. The minimum absolute atomic E-state index is 0.0203. The first kappa shape index (κ1) is 15.9. The second kappa shape index (κ2) is 6.98. The van der Waals surface area contributed by atoms with E-state index < -0.39 is 7.60 Å². The van der Waals surface area contributed by atoms with Gasteiger partial charge in [-0.3, -0.25) is 4.57 Å². The van der Waals surface area contributed by atoms with Crippen molar-refractivity contribution in [1.29, 1.82) is 0 Å². The third-order valence-electron chi connectivity index (χ3n) is 2.75. The maximum Gasteiger partial charge on any atom is 0.339 e. The molecule has 7 heteroatoms. The highest BCUT2D eigenvalue weighted by atomic mass is 31.2. The van der Waals surface area contributed by atoms with Gasteiger partial charge in [0.15, 0.2) is 0 Å². The van der Waals surface area contributed by atoms with E-state index in [0.717, 1.165) is 11.1 Å². The van der Waals surface area contributed by atoms with Crippen molar-refractivity contribution in [3.05, 3.63) is 35.7 Å². The van der Waals surface area contributed by atoms with Gasteiger partial charge in [-0.2, -0.15) is 0 Å². The Morgan fingerprint density at radius 2 is 1.71 bits per heavy atom. The van der Waals surface area contributed by atoms with Gasteiger partial charge in [0.2, 0.25) is 11.8 Å². The Hall–Kier alpha value is -1.49. The van der Waals surface area contributed by atoms with Crippen LogP contribution in [0.15, 0.2) is 28.7 Å². The van der Waals surface area contributed by atoms with Crippen LogP contribution in [0, 0.1) is 6.92 Å². The number of nitrogens with zero attached hydrogens (tertiary/aromatic N) is 2. The zero-order valence-corrected chi connectivity index (χ0v) is 13.3. The van der Waals surface area contributed by atoms with Crippen LogP contribution in [0.2, 0.25) is 0 Å². The highest BCUT2D eigenvalue weighted by Crippen LogP contribution is 2.51. The summed E-state index contributed by atoms with van der Waals surface area (Å²) >= 11 is 0. The van der Waals surface area contributed by atoms with Crippen molar-refractivity contribution in [2.75, 3.05) is 13.2 Å². The second-order valence-electron chi connectivity index (χ2n) is 4.47. The SMILES string of the molecule is CCOP(=O)(Cc1nnc(-c2ccc(C)cc2)o1)OCC. The largest absolute Gasteiger partial charge is 0.420 e. The Balaban J connectivity index is 2.15. The van der Waals surface area contributed by atoms with Gasteiger partial charge < -0.3 is 13.5 Å². The van der Waals surface area contributed by atoms with Crippen molar-refractivity contribution in [3.8, 4) is 11.5 Å². The Bertz CT molecular complexity index is 614. The van der Waals surface area contributed by atoms with Crippen molar-refractivity contribution in [2.45, 2.75) is 26.9 Å². The standard InChI is InChI=1S/C14H19N2O4P/c1-4-18-21(17,19-5-2)10-13-15-16-14(20-13)12-8-6-11(3)7-9-12/h6-9H,4-5,10H2,1-3H3. The molecule has 0 aliphatic heterocycles. The summed E-state index contributed by atoms with van der Waals surface area (Å²) < 4.78 is 28.4. The van der Waals surface area contributed by atoms with Crippen LogP contribution in [-0.4, -0.2) is 23.4 Å². The minimum Gasteiger partial charge on any atom is -0.420 e. The highest BCUT2D eigenvalue weighted by molar-refractivity contribution is 7.52. The molecule has 0 saturated carbocycles. The summed E-state index contributed by atoms with van der Waals surface area (Å²) in [7, 11) is -3.22. The monoisotopic (exact) mass is 310 g/mol. The molecule has 2 rings (SSSR count). The normalized spacial score (nSPS) is 11.8. The number of benzene rings is 1. The van der Waals surface area contributed by atoms with Gasteiger partial charge in [0, 0.05) is 5.56 Å². The topological polar surface area (TPSA) is 74.5 Å². The summed E-state index contributed by atoms with van der Waals surface area (Å²) in [6.45, 7) is 6.13. The lowest BCUT2D eigenvalue weighted by Crippen LogP contribution is -1.99. The van der Waals surface area contributed by atoms with E-state index in [2.05, 4.69) is 10.2 Å². The Morgan fingerprint density at radius 3 is 2.29 bits per heavy atom. The fourth-order valence-electron chi connectivity index (χ4n) is 1.82. The first-order chi connectivity index (χ1) is 10.1. The van der Waals surface area contributed by atoms with Crippen LogP contribution in [-0.2, 0) is 19.8 Å². The molecule has 0 bridgehead atoms. The molecule has 0 radical (unpaired) electrons. The van der Waals surface area contributed by atoms with E-state index in [9.17, 15) is 4.57 Å². The Morgan fingerprint density at radius 1 is 1.10 bits per heavy atom. The second-order valence-corrected chi connectivity index (χ2v) is 6.53. The number of hydrogen-bond acceptors (Lipinski definition) is 6. The first-order valence-electron chi connectivity index (χ1n) is 6.84. The molecule has 6 nitrogen and oxygen atoms in total. The zero-order chi connectivity index (χ0) is 15.3. The predicted octanol–water partition coefficient (Wildman–Crippen LogP) is 3.81. The van der Waals surface area contributed by atoms with Gasteiger partial charge in [-0.25, -0.2) is 0 Å². The zero-order valence-electron chi connectivity index (χ0n) is 12.4. The molecular weight excluding hydrogens is 291 g/mol. The number of rotatable bonds is 7. The lowest BCUT2D eigenvalue weighted by atomic mass is 10.1. The molecule has 1 aromatic carbocycles. The van der Waals surface area contributed by atoms with Crippen LogP contribution in [0.25, 0.3) is 11.5 Å². The lowest BCUT2D eigenvalue weighted by Gasteiger charge is -2.14. The summed E-state index contributed by atoms with van der Waals surface area (Å²) in [5.74, 6) is 0.639. The minimum atomic E-state index is -3.22. The Kier molecular flexibility index (Phi) is 5.28. The highest BCUT2D eigenvalue weighted by Gasteiger charge is 2.27. The fraction of sp³-hybridized carbons (Fsp3) is 0.429. The summed E-state index contributed by atoms with van der Waals surface area (Å²) in [4.78, 5) is 0. The average Bonchev–Trinajstić information content (AvgIpc) is 2.88. The van der Waals surface area contributed by atoms with E-state index in [1.165, 1.54) is 0 Å². The molecule has 0 amide bonds. The molecule has 2 aromatic rings. The number of hydrogen-bond donors (Lipinski definition) is 0. The van der Waals surface area contributed by atoms with Crippen LogP contribution >= 0.6 is 7.60 Å². The van der Waals surface area contributed by atoms with Gasteiger partial charge in [-0.1, -0.05) is 17.7 Å². The molecule has 1 heterocycles. The quantitative estimate of drug-likeness (QED) is 0.724. The summed E-state index contributed by atoms with van der Waals surface area (Å²) in [6.07, 6.45) is -0.0203. The van der Waals surface area contributed by atoms with Crippen molar-refractivity contribution < 1.29 is 18.0 Å². The number of aryl methyl sites for hydroxylation is 1. The summed E-state index contributed by atoms with van der Waals surface area (Å²) in [5.41, 5.74) is 1.97. The van der Waals surface area contributed by atoms with Crippen LogP contribution < -0.4 is 0 Å². The van der Waals surface area contributed by atoms with Gasteiger partial charge in [-0.15, -0.1) is 10.2 Å². The van der Waals surface area contributed by atoms with Crippen molar-refractivity contribution >= 4 is 7.60 Å². The summed E-state index contributed by atoms with van der Waals surface area (Å²) in [6, 6.07) is 7.73. The third kappa shape index (κ3) is 4.24. The molecule has 0 saturated heterocycles.